The number of allylic oxidation sites excluding steroid dienone is 1. The van der Waals surface area contributed by atoms with Crippen molar-refractivity contribution in [1.82, 2.24) is 25.1 Å². The largest absolute Gasteiger partial charge is 0.383 e. The standard InChI is InChI=1S/C18H16ClN5O/c1-23(2)12-16(17(25)13-7-6-8-14(19)11-13)18-20-21-22-24(18)15-9-4-3-5-10-15/h3-12H,1-2H3. The molecule has 3 aromatic rings. The third kappa shape index (κ3) is 3.75. The van der Waals surface area contributed by atoms with Gasteiger partial charge in [0.25, 0.3) is 0 Å². The zero-order chi connectivity index (χ0) is 17.8. The summed E-state index contributed by atoms with van der Waals surface area (Å²) >= 11 is 6.02. The second kappa shape index (κ2) is 7.27. The van der Waals surface area contributed by atoms with Crippen molar-refractivity contribution in [1.29, 1.82) is 0 Å². The number of hydrogen-bond acceptors (Lipinski definition) is 5. The molecule has 7 heteroatoms. The van der Waals surface area contributed by atoms with E-state index in [9.17, 15) is 4.79 Å². The zero-order valence-corrected chi connectivity index (χ0v) is 14.6. The number of tetrazole rings is 1. The van der Waals surface area contributed by atoms with Gasteiger partial charge in [-0.25, -0.2) is 0 Å². The smallest absolute Gasteiger partial charge is 0.198 e. The molecule has 0 aliphatic rings. The van der Waals surface area contributed by atoms with Crippen LogP contribution in [0.25, 0.3) is 11.3 Å². The summed E-state index contributed by atoms with van der Waals surface area (Å²) in [4.78, 5) is 14.8. The van der Waals surface area contributed by atoms with Gasteiger partial charge >= 0.3 is 0 Å². The van der Waals surface area contributed by atoms with Crippen LogP contribution in [0.3, 0.4) is 0 Å². The lowest BCUT2D eigenvalue weighted by atomic mass is 10.0. The van der Waals surface area contributed by atoms with Crippen molar-refractivity contribution in [2.45, 2.75) is 0 Å². The summed E-state index contributed by atoms with van der Waals surface area (Å²) in [6.45, 7) is 0. The first kappa shape index (κ1) is 16.9. The zero-order valence-electron chi connectivity index (χ0n) is 13.8. The van der Waals surface area contributed by atoms with E-state index in [1.807, 2.05) is 44.4 Å². The first-order valence-electron chi connectivity index (χ1n) is 7.59. The first-order valence-corrected chi connectivity index (χ1v) is 7.97. The van der Waals surface area contributed by atoms with Crippen LogP contribution in [0.4, 0.5) is 0 Å². The Morgan fingerprint density at radius 3 is 2.56 bits per heavy atom. The Hall–Kier alpha value is -2.99. The third-order valence-corrected chi connectivity index (χ3v) is 3.67. The highest BCUT2D eigenvalue weighted by Gasteiger charge is 2.22. The number of benzene rings is 2. The number of Topliss-reactive ketones (excluding diaryl/α,β-unsaturated/α-hetero) is 1. The lowest BCUT2D eigenvalue weighted by Gasteiger charge is -2.12. The van der Waals surface area contributed by atoms with E-state index in [1.54, 1.807) is 35.4 Å². The maximum absolute atomic E-state index is 13.1. The number of halogens is 1. The van der Waals surface area contributed by atoms with E-state index in [0.29, 0.717) is 22.0 Å². The number of para-hydroxylation sites is 1. The molecule has 1 heterocycles. The highest BCUT2D eigenvalue weighted by molar-refractivity contribution is 6.32. The summed E-state index contributed by atoms with van der Waals surface area (Å²) in [5.74, 6) is 0.160. The van der Waals surface area contributed by atoms with E-state index < -0.39 is 0 Å². The van der Waals surface area contributed by atoms with Gasteiger partial charge in [0.05, 0.1) is 11.3 Å². The maximum atomic E-state index is 13.1. The highest BCUT2D eigenvalue weighted by Crippen LogP contribution is 2.22. The average Bonchev–Trinajstić information content (AvgIpc) is 3.09. The monoisotopic (exact) mass is 353 g/mol. The van der Waals surface area contributed by atoms with Crippen LogP contribution in [0, 0.1) is 0 Å². The number of carbonyl (C=O) groups excluding carboxylic acids is 1. The van der Waals surface area contributed by atoms with Crippen molar-refractivity contribution in [3.8, 4) is 5.69 Å². The van der Waals surface area contributed by atoms with Gasteiger partial charge < -0.3 is 4.90 Å². The number of aromatic nitrogens is 4. The van der Waals surface area contributed by atoms with Crippen LogP contribution >= 0.6 is 11.6 Å². The summed E-state index contributed by atoms with van der Waals surface area (Å²) in [7, 11) is 3.67. The number of rotatable bonds is 5. The second-order valence-corrected chi connectivity index (χ2v) is 6.03. The SMILES string of the molecule is CN(C)C=C(C(=O)c1cccc(Cl)c1)c1nnnn1-c1ccccc1. The van der Waals surface area contributed by atoms with Crippen molar-refractivity contribution >= 4 is 23.0 Å². The average molecular weight is 354 g/mol. The van der Waals surface area contributed by atoms with Gasteiger partial charge in [0, 0.05) is 30.9 Å². The molecule has 0 spiro atoms. The quantitative estimate of drug-likeness (QED) is 0.521. The fourth-order valence-electron chi connectivity index (χ4n) is 2.36. The molecule has 0 radical (unpaired) electrons. The molecule has 0 bridgehead atoms. The molecule has 6 nitrogen and oxygen atoms in total. The number of carbonyl (C=O) groups is 1. The summed E-state index contributed by atoms with van der Waals surface area (Å²) in [6, 6.07) is 16.2. The van der Waals surface area contributed by atoms with Crippen LogP contribution in [-0.4, -0.2) is 45.0 Å². The highest BCUT2D eigenvalue weighted by atomic mass is 35.5. The van der Waals surface area contributed by atoms with Crippen LogP contribution in [-0.2, 0) is 0 Å². The van der Waals surface area contributed by atoms with Gasteiger partial charge in [-0.2, -0.15) is 4.68 Å². The Labute approximate surface area is 150 Å². The molecule has 2 aromatic carbocycles. The lowest BCUT2D eigenvalue weighted by molar-refractivity contribution is 0.105. The fraction of sp³-hybridized carbons (Fsp3) is 0.111. The van der Waals surface area contributed by atoms with Crippen molar-refractivity contribution in [2.24, 2.45) is 0 Å². The van der Waals surface area contributed by atoms with Gasteiger partial charge in [0.2, 0.25) is 0 Å². The van der Waals surface area contributed by atoms with Crippen LogP contribution < -0.4 is 0 Å². The maximum Gasteiger partial charge on any atom is 0.198 e. The van der Waals surface area contributed by atoms with Crippen LogP contribution in [0.1, 0.15) is 16.2 Å². The number of ketones is 1. The van der Waals surface area contributed by atoms with Crippen LogP contribution in [0.15, 0.2) is 60.8 Å². The van der Waals surface area contributed by atoms with Gasteiger partial charge in [0.15, 0.2) is 11.6 Å². The van der Waals surface area contributed by atoms with Gasteiger partial charge in [0.1, 0.15) is 0 Å². The molecule has 0 aliphatic heterocycles. The third-order valence-electron chi connectivity index (χ3n) is 3.43. The molecule has 0 saturated heterocycles. The van der Waals surface area contributed by atoms with E-state index in [0.717, 1.165) is 5.69 Å². The van der Waals surface area contributed by atoms with E-state index in [1.165, 1.54) is 4.68 Å². The van der Waals surface area contributed by atoms with E-state index >= 15 is 0 Å². The Morgan fingerprint density at radius 2 is 1.88 bits per heavy atom. The van der Waals surface area contributed by atoms with E-state index in [2.05, 4.69) is 15.5 Å². The molecule has 0 fully saturated rings. The van der Waals surface area contributed by atoms with Crippen LogP contribution in [0.2, 0.25) is 5.02 Å². The molecular formula is C18H16ClN5O. The topological polar surface area (TPSA) is 63.9 Å². The van der Waals surface area contributed by atoms with E-state index in [-0.39, 0.29) is 5.78 Å². The minimum atomic E-state index is -0.205. The van der Waals surface area contributed by atoms with Crippen LogP contribution in [0.5, 0.6) is 0 Å². The lowest BCUT2D eigenvalue weighted by Crippen LogP contribution is -2.13. The summed E-state index contributed by atoms with van der Waals surface area (Å²) in [5, 5.41) is 12.3. The van der Waals surface area contributed by atoms with Gasteiger partial charge in [-0.05, 0) is 34.7 Å². The molecule has 3 rings (SSSR count). The number of nitrogens with zero attached hydrogens (tertiary/aromatic N) is 5. The molecular weight excluding hydrogens is 338 g/mol. The Bertz CT molecular complexity index is 918. The molecule has 0 atom stereocenters. The molecule has 126 valence electrons. The molecule has 0 unspecified atom stereocenters. The first-order chi connectivity index (χ1) is 12.1. The molecule has 0 amide bonds. The van der Waals surface area contributed by atoms with Gasteiger partial charge in [-0.1, -0.05) is 41.9 Å². The Balaban J connectivity index is 2.10. The predicted octanol–water partition coefficient (Wildman–Crippen LogP) is 3.10. The van der Waals surface area contributed by atoms with E-state index in [4.69, 9.17) is 11.6 Å². The van der Waals surface area contributed by atoms with Crippen molar-refractivity contribution < 1.29 is 4.79 Å². The molecule has 0 aliphatic carbocycles. The Morgan fingerprint density at radius 1 is 1.12 bits per heavy atom. The van der Waals surface area contributed by atoms with Crippen molar-refractivity contribution in [3.63, 3.8) is 0 Å². The molecule has 0 saturated carbocycles. The van der Waals surface area contributed by atoms with Gasteiger partial charge in [-0.3, -0.25) is 4.79 Å². The number of hydrogen-bond donors (Lipinski definition) is 0. The molecule has 25 heavy (non-hydrogen) atoms. The summed E-state index contributed by atoms with van der Waals surface area (Å²) in [6.07, 6.45) is 1.70. The molecule has 1 aromatic heterocycles. The molecule has 0 N–H and O–H groups in total. The van der Waals surface area contributed by atoms with Crippen molar-refractivity contribution in [2.75, 3.05) is 14.1 Å². The summed E-state index contributed by atoms with van der Waals surface area (Å²) in [5.41, 5.74) is 1.62. The van der Waals surface area contributed by atoms with Crippen molar-refractivity contribution in [3.05, 3.63) is 77.2 Å². The Kier molecular flexibility index (Phi) is 4.90. The van der Waals surface area contributed by atoms with Gasteiger partial charge in [-0.15, -0.1) is 5.10 Å². The normalized spacial score (nSPS) is 11.4. The second-order valence-electron chi connectivity index (χ2n) is 5.60. The minimum Gasteiger partial charge on any atom is -0.383 e. The fourth-order valence-corrected chi connectivity index (χ4v) is 2.55. The minimum absolute atomic E-state index is 0.205. The predicted molar refractivity (Wildman–Crippen MR) is 96.6 cm³/mol. The summed E-state index contributed by atoms with van der Waals surface area (Å²) < 4.78 is 1.54.